The van der Waals surface area contributed by atoms with Crippen LogP contribution in [0, 0.1) is 6.92 Å². The minimum Gasteiger partial charge on any atom is -0.343 e. The third-order valence-electron chi connectivity index (χ3n) is 1.59. The van der Waals surface area contributed by atoms with E-state index in [2.05, 4.69) is 9.97 Å². The van der Waals surface area contributed by atoms with Gasteiger partial charge in [-0.15, -0.1) is 0 Å². The maximum Gasteiger partial charge on any atom is 0.225 e. The predicted molar refractivity (Wildman–Crippen MR) is 49.1 cm³/mol. The molecular weight excluding hydrogens is 152 g/mol. The van der Waals surface area contributed by atoms with Crippen molar-refractivity contribution in [3.05, 3.63) is 18.0 Å². The van der Waals surface area contributed by atoms with Gasteiger partial charge in [-0.3, -0.25) is 0 Å². The van der Waals surface area contributed by atoms with Crippen LogP contribution in [0.3, 0.4) is 0 Å². The fourth-order valence-corrected chi connectivity index (χ4v) is 0.913. The molecule has 0 bridgehead atoms. The molecule has 12 heavy (non-hydrogen) atoms. The highest BCUT2D eigenvalue weighted by Gasteiger charge is 2.01. The van der Waals surface area contributed by atoms with E-state index in [9.17, 15) is 0 Å². The monoisotopic (exact) mass is 166 g/mol. The zero-order chi connectivity index (χ0) is 8.97. The first-order valence-corrected chi connectivity index (χ1v) is 3.95. The van der Waals surface area contributed by atoms with E-state index in [0.717, 1.165) is 18.2 Å². The lowest BCUT2D eigenvalue weighted by atomic mass is 10.4. The highest BCUT2D eigenvalue weighted by molar-refractivity contribution is 5.28. The van der Waals surface area contributed by atoms with E-state index in [4.69, 9.17) is 5.73 Å². The van der Waals surface area contributed by atoms with E-state index in [1.807, 2.05) is 24.9 Å². The van der Waals surface area contributed by atoms with Gasteiger partial charge < -0.3 is 10.6 Å². The fraction of sp³-hybridized carbons (Fsp3) is 0.500. The average molecular weight is 166 g/mol. The van der Waals surface area contributed by atoms with Crippen LogP contribution in [0.2, 0.25) is 0 Å². The van der Waals surface area contributed by atoms with Crippen molar-refractivity contribution in [1.82, 2.24) is 9.97 Å². The van der Waals surface area contributed by atoms with Crippen LogP contribution < -0.4 is 10.6 Å². The summed E-state index contributed by atoms with van der Waals surface area (Å²) in [5, 5.41) is 0. The molecule has 0 aliphatic rings. The minimum absolute atomic E-state index is 0.619. The second kappa shape index (κ2) is 4.01. The summed E-state index contributed by atoms with van der Waals surface area (Å²) < 4.78 is 0. The molecule has 1 rings (SSSR count). The normalized spacial score (nSPS) is 9.92. The molecule has 0 radical (unpaired) electrons. The first kappa shape index (κ1) is 8.93. The highest BCUT2D eigenvalue weighted by atomic mass is 15.2. The molecule has 0 fully saturated rings. The summed E-state index contributed by atoms with van der Waals surface area (Å²) in [5.41, 5.74) is 6.38. The van der Waals surface area contributed by atoms with Crippen molar-refractivity contribution >= 4 is 5.95 Å². The van der Waals surface area contributed by atoms with Gasteiger partial charge in [0.1, 0.15) is 0 Å². The molecule has 0 aliphatic carbocycles. The molecule has 0 unspecified atom stereocenters. The molecule has 4 heteroatoms. The number of hydrogen-bond acceptors (Lipinski definition) is 4. The standard InChI is InChI=1S/C8H14N4/c1-7-3-5-10-8(11-7)12(2)6-4-9/h3,5H,4,6,9H2,1-2H3. The Bertz CT molecular complexity index is 249. The summed E-state index contributed by atoms with van der Waals surface area (Å²) in [6.45, 7) is 3.35. The van der Waals surface area contributed by atoms with Crippen molar-refractivity contribution in [1.29, 1.82) is 0 Å². The zero-order valence-corrected chi connectivity index (χ0v) is 7.49. The van der Waals surface area contributed by atoms with Gasteiger partial charge in [0.05, 0.1) is 0 Å². The van der Waals surface area contributed by atoms with Crippen LogP contribution in [0.5, 0.6) is 0 Å². The second-order valence-corrected chi connectivity index (χ2v) is 2.71. The minimum atomic E-state index is 0.619. The summed E-state index contributed by atoms with van der Waals surface area (Å²) in [7, 11) is 1.93. The summed E-state index contributed by atoms with van der Waals surface area (Å²) in [6.07, 6.45) is 1.75. The molecule has 2 N–H and O–H groups in total. The second-order valence-electron chi connectivity index (χ2n) is 2.71. The Kier molecular flexibility index (Phi) is 2.99. The summed E-state index contributed by atoms with van der Waals surface area (Å²) >= 11 is 0. The van der Waals surface area contributed by atoms with Crippen LogP contribution in [0.1, 0.15) is 5.69 Å². The number of anilines is 1. The first-order chi connectivity index (χ1) is 5.74. The van der Waals surface area contributed by atoms with E-state index >= 15 is 0 Å². The molecule has 0 amide bonds. The number of nitrogens with two attached hydrogens (primary N) is 1. The molecule has 0 spiro atoms. The fourth-order valence-electron chi connectivity index (χ4n) is 0.913. The molecular formula is C8H14N4. The lowest BCUT2D eigenvalue weighted by Crippen LogP contribution is -2.26. The summed E-state index contributed by atoms with van der Waals surface area (Å²) in [5.74, 6) is 0.737. The number of likely N-dealkylation sites (N-methyl/N-ethyl adjacent to an activating group) is 1. The van der Waals surface area contributed by atoms with Gasteiger partial charge in [-0.05, 0) is 13.0 Å². The number of nitrogens with zero attached hydrogens (tertiary/aromatic N) is 3. The van der Waals surface area contributed by atoms with Crippen LogP contribution in [0.15, 0.2) is 12.3 Å². The van der Waals surface area contributed by atoms with E-state index in [0.29, 0.717) is 6.54 Å². The van der Waals surface area contributed by atoms with Crippen molar-refractivity contribution in [2.45, 2.75) is 6.92 Å². The van der Waals surface area contributed by atoms with Gasteiger partial charge in [-0.2, -0.15) is 0 Å². The zero-order valence-electron chi connectivity index (χ0n) is 7.49. The maximum absolute atomic E-state index is 5.41. The number of rotatable bonds is 3. The van der Waals surface area contributed by atoms with Crippen molar-refractivity contribution in [3.63, 3.8) is 0 Å². The Labute approximate surface area is 72.4 Å². The van der Waals surface area contributed by atoms with Crippen LogP contribution in [0.4, 0.5) is 5.95 Å². The number of aryl methyl sites for hydroxylation is 1. The van der Waals surface area contributed by atoms with Crippen molar-refractivity contribution in [2.24, 2.45) is 5.73 Å². The van der Waals surface area contributed by atoms with Crippen LogP contribution >= 0.6 is 0 Å². The van der Waals surface area contributed by atoms with Crippen molar-refractivity contribution < 1.29 is 0 Å². The Morgan fingerprint density at radius 1 is 1.58 bits per heavy atom. The molecule has 0 atom stereocenters. The predicted octanol–water partition coefficient (Wildman–Crippen LogP) is 0.180. The Hall–Kier alpha value is -1.16. The Morgan fingerprint density at radius 2 is 2.33 bits per heavy atom. The molecule has 0 aromatic carbocycles. The largest absolute Gasteiger partial charge is 0.343 e. The number of hydrogen-bond donors (Lipinski definition) is 1. The van der Waals surface area contributed by atoms with Gasteiger partial charge in [0.25, 0.3) is 0 Å². The molecule has 1 aromatic rings. The summed E-state index contributed by atoms with van der Waals surface area (Å²) in [4.78, 5) is 10.3. The SMILES string of the molecule is Cc1ccnc(N(C)CCN)n1. The highest BCUT2D eigenvalue weighted by Crippen LogP contribution is 2.03. The third-order valence-corrected chi connectivity index (χ3v) is 1.59. The lowest BCUT2D eigenvalue weighted by Gasteiger charge is -2.15. The average Bonchev–Trinajstić information content (AvgIpc) is 2.05. The number of aromatic nitrogens is 2. The Balaban J connectivity index is 2.73. The van der Waals surface area contributed by atoms with Gasteiger partial charge in [0, 0.05) is 32.0 Å². The smallest absolute Gasteiger partial charge is 0.225 e. The quantitative estimate of drug-likeness (QED) is 0.696. The Morgan fingerprint density at radius 3 is 2.92 bits per heavy atom. The first-order valence-electron chi connectivity index (χ1n) is 3.95. The van der Waals surface area contributed by atoms with Gasteiger partial charge >= 0.3 is 0 Å². The molecule has 66 valence electrons. The van der Waals surface area contributed by atoms with Crippen LogP contribution in [-0.4, -0.2) is 30.1 Å². The van der Waals surface area contributed by atoms with E-state index in [1.54, 1.807) is 6.20 Å². The van der Waals surface area contributed by atoms with E-state index in [-0.39, 0.29) is 0 Å². The van der Waals surface area contributed by atoms with Gasteiger partial charge in [0.15, 0.2) is 0 Å². The molecule has 0 saturated heterocycles. The van der Waals surface area contributed by atoms with E-state index in [1.165, 1.54) is 0 Å². The third kappa shape index (κ3) is 2.17. The molecule has 4 nitrogen and oxygen atoms in total. The molecule has 0 saturated carbocycles. The van der Waals surface area contributed by atoms with Crippen molar-refractivity contribution in [2.75, 3.05) is 25.0 Å². The maximum atomic E-state index is 5.41. The van der Waals surface area contributed by atoms with Gasteiger partial charge in [-0.25, -0.2) is 9.97 Å². The summed E-state index contributed by atoms with van der Waals surface area (Å²) in [6, 6.07) is 1.87. The van der Waals surface area contributed by atoms with Gasteiger partial charge in [0.2, 0.25) is 5.95 Å². The lowest BCUT2D eigenvalue weighted by molar-refractivity contribution is 0.840. The van der Waals surface area contributed by atoms with Crippen molar-refractivity contribution in [3.8, 4) is 0 Å². The molecule has 1 heterocycles. The van der Waals surface area contributed by atoms with Gasteiger partial charge in [-0.1, -0.05) is 0 Å². The topological polar surface area (TPSA) is 55.0 Å². The van der Waals surface area contributed by atoms with Crippen LogP contribution in [-0.2, 0) is 0 Å². The van der Waals surface area contributed by atoms with E-state index < -0.39 is 0 Å². The molecule has 1 aromatic heterocycles. The molecule has 0 aliphatic heterocycles. The van der Waals surface area contributed by atoms with Crippen LogP contribution in [0.25, 0.3) is 0 Å².